The van der Waals surface area contributed by atoms with E-state index in [1.54, 1.807) is 12.1 Å². The summed E-state index contributed by atoms with van der Waals surface area (Å²) in [6.07, 6.45) is 0. The van der Waals surface area contributed by atoms with Gasteiger partial charge in [-0.1, -0.05) is 48.0 Å². The average molecular weight is 541 g/mol. The van der Waals surface area contributed by atoms with Gasteiger partial charge >= 0.3 is 0 Å². The van der Waals surface area contributed by atoms with E-state index < -0.39 is 22.5 Å². The highest BCUT2D eigenvalue weighted by Gasteiger charge is 2.31. The number of hydrogen-bond donors (Lipinski definition) is 1. The number of rotatable bonds is 9. The van der Waals surface area contributed by atoms with Crippen molar-refractivity contribution < 1.29 is 27.4 Å². The summed E-state index contributed by atoms with van der Waals surface area (Å²) < 4.78 is 44.8. The first-order chi connectivity index (χ1) is 17.8. The quantitative estimate of drug-likeness (QED) is 0.307. The topological polar surface area (TPSA) is 94.2 Å². The van der Waals surface area contributed by atoms with Crippen LogP contribution in [0.3, 0.4) is 0 Å². The van der Waals surface area contributed by atoms with E-state index in [2.05, 4.69) is 5.32 Å². The highest BCUT2D eigenvalue weighted by Crippen LogP contribution is 2.37. The first-order valence-electron chi connectivity index (χ1n) is 11.1. The SMILES string of the molecule is COc1ccc(S(=O)(=O)N(CC(=O)Nc2cccc3ccccc23)c2cc(Cl)ccc2OC)cc1OC. The molecule has 0 heterocycles. The molecule has 0 spiro atoms. The van der Waals surface area contributed by atoms with E-state index in [0.29, 0.717) is 11.4 Å². The number of carbonyl (C=O) groups is 1. The summed E-state index contributed by atoms with van der Waals surface area (Å²) in [5.41, 5.74) is 0.669. The molecule has 0 saturated carbocycles. The van der Waals surface area contributed by atoms with E-state index in [9.17, 15) is 13.2 Å². The van der Waals surface area contributed by atoms with Gasteiger partial charge in [0.1, 0.15) is 12.3 Å². The van der Waals surface area contributed by atoms with Crippen molar-refractivity contribution in [2.45, 2.75) is 4.90 Å². The predicted octanol–water partition coefficient (Wildman–Crippen LogP) is 5.35. The molecule has 0 saturated heterocycles. The lowest BCUT2D eigenvalue weighted by Gasteiger charge is -2.26. The number of nitrogens with zero attached hydrogens (tertiary/aromatic N) is 1. The zero-order valence-electron chi connectivity index (χ0n) is 20.4. The number of amides is 1. The van der Waals surface area contributed by atoms with Crippen molar-refractivity contribution >= 4 is 49.7 Å². The van der Waals surface area contributed by atoms with Gasteiger partial charge in [0, 0.05) is 22.2 Å². The molecule has 0 fully saturated rings. The lowest BCUT2D eigenvalue weighted by atomic mass is 10.1. The van der Waals surface area contributed by atoms with Gasteiger partial charge in [0.15, 0.2) is 11.5 Å². The second-order valence-electron chi connectivity index (χ2n) is 7.92. The molecule has 0 aliphatic carbocycles. The van der Waals surface area contributed by atoms with Crippen LogP contribution >= 0.6 is 11.6 Å². The minimum Gasteiger partial charge on any atom is -0.495 e. The zero-order chi connectivity index (χ0) is 26.6. The summed E-state index contributed by atoms with van der Waals surface area (Å²) in [5, 5.41) is 4.88. The number of halogens is 1. The molecular weight excluding hydrogens is 516 g/mol. The van der Waals surface area contributed by atoms with Crippen molar-refractivity contribution in [3.8, 4) is 17.2 Å². The number of carbonyl (C=O) groups excluding carboxylic acids is 1. The molecule has 0 bridgehead atoms. The number of nitrogens with one attached hydrogen (secondary N) is 1. The molecule has 1 N–H and O–H groups in total. The summed E-state index contributed by atoms with van der Waals surface area (Å²) in [7, 11) is -0.0282. The fraction of sp³-hybridized carbons (Fsp3) is 0.148. The van der Waals surface area contributed by atoms with Gasteiger partial charge in [-0.15, -0.1) is 0 Å². The maximum atomic E-state index is 13.9. The molecule has 4 rings (SSSR count). The van der Waals surface area contributed by atoms with Crippen molar-refractivity contribution in [2.75, 3.05) is 37.5 Å². The first kappa shape index (κ1) is 26.1. The van der Waals surface area contributed by atoms with Crippen LogP contribution < -0.4 is 23.8 Å². The Bertz CT molecular complexity index is 1550. The summed E-state index contributed by atoms with van der Waals surface area (Å²) >= 11 is 6.22. The maximum absolute atomic E-state index is 13.9. The van der Waals surface area contributed by atoms with Crippen molar-refractivity contribution in [2.24, 2.45) is 0 Å². The minimum absolute atomic E-state index is 0.106. The van der Waals surface area contributed by atoms with Crippen molar-refractivity contribution in [3.05, 3.63) is 83.9 Å². The largest absolute Gasteiger partial charge is 0.495 e. The van der Waals surface area contributed by atoms with Crippen LogP contribution in [0.15, 0.2) is 83.8 Å². The number of benzene rings is 4. The van der Waals surface area contributed by atoms with Crippen LogP contribution in [0.5, 0.6) is 17.2 Å². The van der Waals surface area contributed by atoms with Crippen LogP contribution in [0, 0.1) is 0 Å². The molecule has 0 aliphatic heterocycles. The predicted molar refractivity (Wildman–Crippen MR) is 145 cm³/mol. The highest BCUT2D eigenvalue weighted by molar-refractivity contribution is 7.92. The molecule has 8 nitrogen and oxygen atoms in total. The summed E-state index contributed by atoms with van der Waals surface area (Å²) in [5.74, 6) is 0.262. The van der Waals surface area contributed by atoms with Crippen LogP contribution in [0.25, 0.3) is 10.8 Å². The van der Waals surface area contributed by atoms with Crippen molar-refractivity contribution in [3.63, 3.8) is 0 Å². The van der Waals surface area contributed by atoms with Gasteiger partial charge in [0.05, 0.1) is 31.9 Å². The fourth-order valence-electron chi connectivity index (χ4n) is 3.92. The van der Waals surface area contributed by atoms with E-state index in [-0.39, 0.29) is 27.1 Å². The Kier molecular flexibility index (Phi) is 7.75. The molecule has 0 radical (unpaired) electrons. The number of ether oxygens (including phenoxy) is 3. The van der Waals surface area contributed by atoms with Gasteiger partial charge in [-0.25, -0.2) is 8.42 Å². The average Bonchev–Trinajstić information content (AvgIpc) is 2.91. The summed E-state index contributed by atoms with van der Waals surface area (Å²) in [4.78, 5) is 13.2. The van der Waals surface area contributed by atoms with Crippen LogP contribution in [-0.4, -0.2) is 42.2 Å². The Balaban J connectivity index is 1.77. The van der Waals surface area contributed by atoms with Crippen molar-refractivity contribution in [1.29, 1.82) is 0 Å². The molecule has 0 atom stereocenters. The lowest BCUT2D eigenvalue weighted by Crippen LogP contribution is -2.38. The number of fused-ring (bicyclic) bond motifs is 1. The highest BCUT2D eigenvalue weighted by atomic mass is 35.5. The molecule has 0 aromatic heterocycles. The smallest absolute Gasteiger partial charge is 0.265 e. The van der Waals surface area contributed by atoms with Gasteiger partial charge in [0.2, 0.25) is 5.91 Å². The molecule has 4 aromatic carbocycles. The van der Waals surface area contributed by atoms with Crippen molar-refractivity contribution in [1.82, 2.24) is 0 Å². The van der Waals surface area contributed by atoms with Crippen LogP contribution in [-0.2, 0) is 14.8 Å². The third-order valence-corrected chi connectivity index (χ3v) is 7.69. The monoisotopic (exact) mass is 540 g/mol. The molecule has 0 aliphatic rings. The van der Waals surface area contributed by atoms with Crippen LogP contribution in [0.2, 0.25) is 5.02 Å². The Morgan fingerprint density at radius 2 is 1.51 bits per heavy atom. The Morgan fingerprint density at radius 1 is 0.838 bits per heavy atom. The second-order valence-corrected chi connectivity index (χ2v) is 10.2. The van der Waals surface area contributed by atoms with E-state index >= 15 is 0 Å². The van der Waals surface area contributed by atoms with Gasteiger partial charge in [-0.3, -0.25) is 9.10 Å². The third-order valence-electron chi connectivity index (χ3n) is 5.70. The van der Waals surface area contributed by atoms with Crippen LogP contribution in [0.4, 0.5) is 11.4 Å². The Labute approximate surface area is 220 Å². The summed E-state index contributed by atoms with van der Waals surface area (Å²) in [6.45, 7) is -0.545. The van der Waals surface area contributed by atoms with Gasteiger partial charge in [-0.2, -0.15) is 0 Å². The fourth-order valence-corrected chi connectivity index (χ4v) is 5.52. The Morgan fingerprint density at radius 3 is 2.24 bits per heavy atom. The number of hydrogen-bond acceptors (Lipinski definition) is 6. The molecule has 192 valence electrons. The Hall–Kier alpha value is -3.95. The molecule has 10 heteroatoms. The van der Waals surface area contributed by atoms with Crippen LogP contribution in [0.1, 0.15) is 0 Å². The number of sulfonamides is 1. The van der Waals surface area contributed by atoms with Gasteiger partial charge in [0.25, 0.3) is 10.0 Å². The molecule has 37 heavy (non-hydrogen) atoms. The number of methoxy groups -OCH3 is 3. The minimum atomic E-state index is -4.29. The zero-order valence-corrected chi connectivity index (χ0v) is 22.0. The molecular formula is C27H25ClN2O6S. The van der Waals surface area contributed by atoms with E-state index in [1.807, 2.05) is 36.4 Å². The van der Waals surface area contributed by atoms with E-state index in [0.717, 1.165) is 15.1 Å². The maximum Gasteiger partial charge on any atom is 0.265 e. The molecule has 1 amide bonds. The third kappa shape index (κ3) is 5.42. The van der Waals surface area contributed by atoms with Gasteiger partial charge < -0.3 is 19.5 Å². The normalized spacial score (nSPS) is 11.1. The summed E-state index contributed by atoms with van der Waals surface area (Å²) in [6, 6.07) is 21.8. The second kappa shape index (κ2) is 11.0. The molecule has 4 aromatic rings. The van der Waals surface area contributed by atoms with E-state index in [1.165, 1.54) is 51.7 Å². The van der Waals surface area contributed by atoms with Gasteiger partial charge in [-0.05, 0) is 41.8 Å². The standard InChI is InChI=1S/C27H25ClN2O6S/c1-34-24-13-11-19(28)15-23(24)30(37(32,33)20-12-14-25(35-2)26(16-20)36-3)17-27(31)29-22-10-6-8-18-7-4-5-9-21(18)22/h4-16H,17H2,1-3H3,(H,29,31). The first-order valence-corrected chi connectivity index (χ1v) is 13.0. The number of anilines is 2. The lowest BCUT2D eigenvalue weighted by molar-refractivity contribution is -0.114. The van der Waals surface area contributed by atoms with E-state index in [4.69, 9.17) is 25.8 Å². The molecule has 0 unspecified atom stereocenters.